The standard InChI is InChI=1S/C17H12BrClN4S/c18-14(10-12-4-2-1-3-5-12)11-20-23-16(21-22-17(23)24)13-6-8-15(19)9-7-13/h1-11H,(H,22,24)/b14-10-,20-11-. The number of hydrogen-bond donors (Lipinski definition) is 1. The summed E-state index contributed by atoms with van der Waals surface area (Å²) >= 11 is 14.7. The van der Waals surface area contributed by atoms with E-state index in [4.69, 9.17) is 23.8 Å². The van der Waals surface area contributed by atoms with Crippen molar-refractivity contribution in [1.82, 2.24) is 14.9 Å². The van der Waals surface area contributed by atoms with Gasteiger partial charge in [-0.3, -0.25) is 0 Å². The number of rotatable bonds is 4. The molecule has 0 radical (unpaired) electrons. The summed E-state index contributed by atoms with van der Waals surface area (Å²) in [5.74, 6) is 0.618. The Hall–Kier alpha value is -2.02. The molecule has 0 amide bonds. The van der Waals surface area contributed by atoms with E-state index < -0.39 is 0 Å². The highest BCUT2D eigenvalue weighted by Gasteiger charge is 2.07. The van der Waals surface area contributed by atoms with Crippen LogP contribution in [0.25, 0.3) is 17.5 Å². The van der Waals surface area contributed by atoms with Crippen LogP contribution in [0.1, 0.15) is 5.56 Å². The van der Waals surface area contributed by atoms with Gasteiger partial charge in [-0.15, -0.1) is 0 Å². The third kappa shape index (κ3) is 4.08. The van der Waals surface area contributed by atoms with Crippen LogP contribution < -0.4 is 0 Å². The molecule has 120 valence electrons. The zero-order valence-electron chi connectivity index (χ0n) is 12.4. The van der Waals surface area contributed by atoms with Crippen LogP contribution in [0.4, 0.5) is 0 Å². The Morgan fingerprint density at radius 3 is 2.58 bits per heavy atom. The molecule has 1 heterocycles. The number of nitrogens with zero attached hydrogens (tertiary/aromatic N) is 3. The molecule has 2 aromatic carbocycles. The normalized spacial score (nSPS) is 12.0. The quantitative estimate of drug-likeness (QED) is 0.446. The molecule has 3 rings (SSSR count). The molecule has 0 saturated heterocycles. The monoisotopic (exact) mass is 418 g/mol. The maximum absolute atomic E-state index is 5.92. The zero-order chi connectivity index (χ0) is 16.9. The Bertz CT molecular complexity index is 943. The van der Waals surface area contributed by atoms with Crippen LogP contribution in [0.3, 0.4) is 0 Å². The molecular weight excluding hydrogens is 408 g/mol. The molecule has 7 heteroatoms. The molecule has 0 spiro atoms. The Balaban J connectivity index is 1.90. The first kappa shape index (κ1) is 16.8. The Morgan fingerprint density at radius 2 is 1.88 bits per heavy atom. The first-order valence-electron chi connectivity index (χ1n) is 7.03. The van der Waals surface area contributed by atoms with E-state index in [1.54, 1.807) is 23.0 Å². The lowest BCUT2D eigenvalue weighted by Gasteiger charge is -2.01. The van der Waals surface area contributed by atoms with Gasteiger partial charge in [-0.25, -0.2) is 5.10 Å². The molecule has 3 aromatic rings. The summed E-state index contributed by atoms with van der Waals surface area (Å²) in [7, 11) is 0. The predicted octanol–water partition coefficient (Wildman–Crippen LogP) is 5.53. The number of aromatic nitrogens is 3. The van der Waals surface area contributed by atoms with Gasteiger partial charge < -0.3 is 0 Å². The van der Waals surface area contributed by atoms with E-state index in [-0.39, 0.29) is 0 Å². The molecule has 0 aliphatic rings. The maximum Gasteiger partial charge on any atom is 0.216 e. The third-order valence-electron chi connectivity index (χ3n) is 3.15. The summed E-state index contributed by atoms with van der Waals surface area (Å²) in [5.41, 5.74) is 1.94. The number of hydrogen-bond acceptors (Lipinski definition) is 3. The summed E-state index contributed by atoms with van der Waals surface area (Å²) in [6, 6.07) is 17.3. The second-order valence-corrected chi connectivity index (χ2v) is 6.59. The Morgan fingerprint density at radius 1 is 1.17 bits per heavy atom. The molecule has 4 nitrogen and oxygen atoms in total. The zero-order valence-corrected chi connectivity index (χ0v) is 15.5. The van der Waals surface area contributed by atoms with E-state index in [2.05, 4.69) is 31.2 Å². The first-order valence-corrected chi connectivity index (χ1v) is 8.61. The lowest BCUT2D eigenvalue weighted by atomic mass is 10.2. The van der Waals surface area contributed by atoms with Gasteiger partial charge in [-0.2, -0.15) is 14.9 Å². The highest BCUT2D eigenvalue weighted by Crippen LogP contribution is 2.20. The fourth-order valence-electron chi connectivity index (χ4n) is 2.04. The number of H-pyrrole nitrogens is 1. The number of allylic oxidation sites excluding steroid dienone is 1. The Labute approximate surface area is 157 Å². The van der Waals surface area contributed by atoms with Crippen molar-refractivity contribution in [2.45, 2.75) is 0 Å². The molecule has 0 fully saturated rings. The summed E-state index contributed by atoms with van der Waals surface area (Å²) < 4.78 is 2.80. The van der Waals surface area contributed by atoms with E-state index in [1.807, 2.05) is 48.5 Å². The van der Waals surface area contributed by atoms with Gasteiger partial charge in [-0.05, 0) is 64.1 Å². The molecular formula is C17H12BrClN4S. The van der Waals surface area contributed by atoms with Crippen molar-refractivity contribution in [1.29, 1.82) is 0 Å². The van der Waals surface area contributed by atoms with Gasteiger partial charge in [0.15, 0.2) is 5.82 Å². The second kappa shape index (κ2) is 7.70. The highest BCUT2D eigenvalue weighted by atomic mass is 79.9. The van der Waals surface area contributed by atoms with Gasteiger partial charge >= 0.3 is 0 Å². The summed E-state index contributed by atoms with van der Waals surface area (Å²) in [5, 5.41) is 12.1. The molecule has 1 aromatic heterocycles. The molecule has 0 saturated carbocycles. The van der Waals surface area contributed by atoms with E-state index in [0.717, 1.165) is 15.6 Å². The molecule has 0 unspecified atom stereocenters. The minimum absolute atomic E-state index is 0.413. The molecule has 0 aliphatic heterocycles. The summed E-state index contributed by atoms with van der Waals surface area (Å²) in [6.45, 7) is 0. The number of aromatic amines is 1. The van der Waals surface area contributed by atoms with Crippen LogP contribution in [0.5, 0.6) is 0 Å². The minimum atomic E-state index is 0.413. The van der Waals surface area contributed by atoms with Crippen LogP contribution in [0.2, 0.25) is 5.02 Å². The highest BCUT2D eigenvalue weighted by molar-refractivity contribution is 9.12. The number of halogens is 2. The third-order valence-corrected chi connectivity index (χ3v) is 4.10. The number of nitrogens with one attached hydrogen (secondary N) is 1. The SMILES string of the molecule is S=c1[nH]nc(-c2ccc(Cl)cc2)n1/N=C\C(Br)=C\c1ccccc1. The average molecular weight is 420 g/mol. The van der Waals surface area contributed by atoms with E-state index in [0.29, 0.717) is 15.6 Å². The van der Waals surface area contributed by atoms with Gasteiger partial charge in [0.05, 0.1) is 6.21 Å². The topological polar surface area (TPSA) is 46.0 Å². The first-order chi connectivity index (χ1) is 11.6. The van der Waals surface area contributed by atoms with E-state index >= 15 is 0 Å². The molecule has 0 bridgehead atoms. The van der Waals surface area contributed by atoms with Gasteiger partial charge in [0.25, 0.3) is 0 Å². The van der Waals surface area contributed by atoms with Crippen LogP contribution in [-0.4, -0.2) is 21.1 Å². The van der Waals surface area contributed by atoms with Gasteiger partial charge in [0.1, 0.15) is 0 Å². The molecule has 1 N–H and O–H groups in total. The molecule has 0 atom stereocenters. The van der Waals surface area contributed by atoms with E-state index in [9.17, 15) is 0 Å². The van der Waals surface area contributed by atoms with Crippen molar-refractivity contribution in [3.05, 3.63) is 74.4 Å². The van der Waals surface area contributed by atoms with E-state index in [1.165, 1.54) is 0 Å². The largest absolute Gasteiger partial charge is 0.250 e. The van der Waals surface area contributed by atoms with Gasteiger partial charge in [0, 0.05) is 15.1 Å². The van der Waals surface area contributed by atoms with Crippen LogP contribution in [0.15, 0.2) is 64.2 Å². The minimum Gasteiger partial charge on any atom is -0.250 e. The second-order valence-electron chi connectivity index (χ2n) is 4.86. The molecule has 24 heavy (non-hydrogen) atoms. The average Bonchev–Trinajstić information content (AvgIpc) is 2.95. The lowest BCUT2D eigenvalue weighted by molar-refractivity contribution is 0.872. The van der Waals surface area contributed by atoms with Crippen LogP contribution in [-0.2, 0) is 0 Å². The van der Waals surface area contributed by atoms with Crippen molar-refractivity contribution in [2.75, 3.05) is 0 Å². The van der Waals surface area contributed by atoms with Crippen molar-refractivity contribution >= 4 is 52.0 Å². The summed E-state index contributed by atoms with van der Waals surface area (Å²) in [6.07, 6.45) is 3.65. The van der Waals surface area contributed by atoms with Crippen molar-refractivity contribution in [3.63, 3.8) is 0 Å². The smallest absolute Gasteiger partial charge is 0.216 e. The van der Waals surface area contributed by atoms with Gasteiger partial charge in [-0.1, -0.05) is 41.9 Å². The van der Waals surface area contributed by atoms with Crippen molar-refractivity contribution in [2.24, 2.45) is 5.10 Å². The maximum atomic E-state index is 5.92. The van der Waals surface area contributed by atoms with Crippen molar-refractivity contribution < 1.29 is 0 Å². The lowest BCUT2D eigenvalue weighted by Crippen LogP contribution is -1.94. The van der Waals surface area contributed by atoms with Crippen LogP contribution in [0, 0.1) is 4.77 Å². The number of benzene rings is 2. The van der Waals surface area contributed by atoms with Crippen LogP contribution >= 0.6 is 39.7 Å². The Kier molecular flexibility index (Phi) is 5.40. The fraction of sp³-hybridized carbons (Fsp3) is 0. The van der Waals surface area contributed by atoms with Gasteiger partial charge in [0.2, 0.25) is 4.77 Å². The molecule has 0 aliphatic carbocycles. The fourth-order valence-corrected chi connectivity index (χ4v) is 2.70. The summed E-state index contributed by atoms with van der Waals surface area (Å²) in [4.78, 5) is 0. The van der Waals surface area contributed by atoms with Crippen molar-refractivity contribution in [3.8, 4) is 11.4 Å². The predicted molar refractivity (Wildman–Crippen MR) is 105 cm³/mol.